The number of methoxy groups -OCH3 is 1. The Kier molecular flexibility index (Phi) is 7.72. The zero-order valence-corrected chi connectivity index (χ0v) is 11.7. The van der Waals surface area contributed by atoms with Crippen molar-refractivity contribution in [3.8, 4) is 0 Å². The van der Waals surface area contributed by atoms with Gasteiger partial charge in [-0.15, -0.1) is 0 Å². The molecular weight excluding hydrogens is 256 g/mol. The van der Waals surface area contributed by atoms with Crippen LogP contribution in [-0.4, -0.2) is 30.5 Å². The number of hydrogen-bond donors (Lipinski definition) is 1. The van der Waals surface area contributed by atoms with Crippen molar-refractivity contribution < 1.29 is 14.3 Å². The number of hydrogen-bond acceptors (Lipinski definition) is 4. The van der Waals surface area contributed by atoms with E-state index in [-0.39, 0.29) is 11.9 Å². The van der Waals surface area contributed by atoms with Crippen molar-refractivity contribution in [2.24, 2.45) is 0 Å². The fourth-order valence-corrected chi connectivity index (χ4v) is 1.59. The smallest absolute Gasteiger partial charge is 0.305 e. The van der Waals surface area contributed by atoms with Crippen LogP contribution in [0.1, 0.15) is 31.2 Å². The van der Waals surface area contributed by atoms with Crippen LogP contribution >= 0.6 is 0 Å². The number of nitrogens with one attached hydrogen (secondary N) is 1. The second-order valence-corrected chi connectivity index (χ2v) is 4.29. The fraction of sp³-hybridized carbons (Fsp3) is 0.400. The predicted molar refractivity (Wildman–Crippen MR) is 76.8 cm³/mol. The highest BCUT2D eigenvalue weighted by Gasteiger charge is 1.99. The summed E-state index contributed by atoms with van der Waals surface area (Å²) >= 11 is 0. The van der Waals surface area contributed by atoms with Gasteiger partial charge in [0, 0.05) is 31.4 Å². The molecule has 20 heavy (non-hydrogen) atoms. The molecule has 0 aliphatic rings. The quantitative estimate of drug-likeness (QED) is 0.447. The molecule has 0 saturated carbocycles. The lowest BCUT2D eigenvalue weighted by atomic mass is 10.2. The topological polar surface area (TPSA) is 68.3 Å². The number of ether oxygens (including phenoxy) is 1. The molecule has 0 aromatic carbocycles. The van der Waals surface area contributed by atoms with Crippen LogP contribution in [0.25, 0.3) is 6.08 Å². The van der Waals surface area contributed by atoms with E-state index in [1.54, 1.807) is 18.5 Å². The van der Waals surface area contributed by atoms with Gasteiger partial charge in [-0.3, -0.25) is 14.6 Å². The van der Waals surface area contributed by atoms with Gasteiger partial charge < -0.3 is 10.1 Å². The van der Waals surface area contributed by atoms with E-state index in [1.165, 1.54) is 13.2 Å². The summed E-state index contributed by atoms with van der Waals surface area (Å²) in [7, 11) is 1.39. The minimum Gasteiger partial charge on any atom is -0.469 e. The minimum atomic E-state index is -0.186. The Hall–Kier alpha value is -2.17. The van der Waals surface area contributed by atoms with Gasteiger partial charge in [0.1, 0.15) is 0 Å². The number of pyridine rings is 1. The van der Waals surface area contributed by atoms with Crippen LogP contribution in [-0.2, 0) is 14.3 Å². The third-order valence-electron chi connectivity index (χ3n) is 2.72. The lowest BCUT2D eigenvalue weighted by Crippen LogP contribution is -2.22. The molecule has 0 saturated heterocycles. The molecule has 5 nitrogen and oxygen atoms in total. The predicted octanol–water partition coefficient (Wildman–Crippen LogP) is 1.94. The number of aromatic nitrogens is 1. The molecule has 5 heteroatoms. The van der Waals surface area contributed by atoms with E-state index in [0.717, 1.165) is 24.8 Å². The SMILES string of the molecule is COC(=O)CCCCCNC(=O)C=Cc1ccncc1. The van der Waals surface area contributed by atoms with E-state index in [4.69, 9.17) is 0 Å². The molecule has 0 aliphatic carbocycles. The number of carbonyl (C=O) groups is 2. The highest BCUT2D eigenvalue weighted by molar-refractivity contribution is 5.91. The maximum atomic E-state index is 11.5. The van der Waals surface area contributed by atoms with Crippen molar-refractivity contribution in [2.45, 2.75) is 25.7 Å². The third-order valence-corrected chi connectivity index (χ3v) is 2.72. The van der Waals surface area contributed by atoms with E-state index >= 15 is 0 Å². The molecule has 108 valence electrons. The molecule has 0 unspecified atom stereocenters. The summed E-state index contributed by atoms with van der Waals surface area (Å²) in [5.74, 6) is -0.302. The van der Waals surface area contributed by atoms with Gasteiger partial charge in [0.2, 0.25) is 5.91 Å². The summed E-state index contributed by atoms with van der Waals surface area (Å²) in [6.45, 7) is 0.612. The zero-order chi connectivity index (χ0) is 14.6. The molecule has 0 fully saturated rings. The van der Waals surface area contributed by atoms with E-state index in [0.29, 0.717) is 13.0 Å². The van der Waals surface area contributed by atoms with Crippen molar-refractivity contribution in [1.29, 1.82) is 0 Å². The Morgan fingerprint density at radius 2 is 2.00 bits per heavy atom. The summed E-state index contributed by atoms with van der Waals surface area (Å²) in [5, 5.41) is 2.80. The number of amides is 1. The monoisotopic (exact) mass is 276 g/mol. The molecule has 1 aromatic rings. The maximum absolute atomic E-state index is 11.5. The van der Waals surface area contributed by atoms with Crippen molar-refractivity contribution >= 4 is 18.0 Å². The molecule has 1 rings (SSSR count). The molecule has 0 spiro atoms. The Morgan fingerprint density at radius 1 is 1.25 bits per heavy atom. The maximum Gasteiger partial charge on any atom is 0.305 e. The highest BCUT2D eigenvalue weighted by atomic mass is 16.5. The van der Waals surface area contributed by atoms with Crippen molar-refractivity contribution in [1.82, 2.24) is 10.3 Å². The number of nitrogens with zero attached hydrogens (tertiary/aromatic N) is 1. The van der Waals surface area contributed by atoms with Crippen LogP contribution < -0.4 is 5.32 Å². The molecule has 1 heterocycles. The lowest BCUT2D eigenvalue weighted by molar-refractivity contribution is -0.140. The minimum absolute atomic E-state index is 0.116. The van der Waals surface area contributed by atoms with Crippen LogP contribution in [0.5, 0.6) is 0 Å². The summed E-state index contributed by atoms with van der Waals surface area (Å²) in [4.78, 5) is 26.3. The van der Waals surface area contributed by atoms with Crippen LogP contribution in [0.4, 0.5) is 0 Å². The molecule has 0 atom stereocenters. The van der Waals surface area contributed by atoms with Gasteiger partial charge in [0.05, 0.1) is 7.11 Å². The Morgan fingerprint density at radius 3 is 2.70 bits per heavy atom. The first kappa shape index (κ1) is 15.9. The van der Waals surface area contributed by atoms with Gasteiger partial charge in [-0.1, -0.05) is 6.42 Å². The molecular formula is C15H20N2O3. The van der Waals surface area contributed by atoms with Gasteiger partial charge in [-0.2, -0.15) is 0 Å². The summed E-state index contributed by atoms with van der Waals surface area (Å²) in [6, 6.07) is 3.66. The van der Waals surface area contributed by atoms with Gasteiger partial charge in [-0.05, 0) is 36.6 Å². The first-order valence-corrected chi connectivity index (χ1v) is 6.65. The van der Waals surface area contributed by atoms with Gasteiger partial charge >= 0.3 is 5.97 Å². The van der Waals surface area contributed by atoms with Crippen LogP contribution in [0, 0.1) is 0 Å². The number of carbonyl (C=O) groups excluding carboxylic acids is 2. The second kappa shape index (κ2) is 9.72. The Labute approximate surface area is 119 Å². The van der Waals surface area contributed by atoms with E-state index in [9.17, 15) is 9.59 Å². The lowest BCUT2D eigenvalue weighted by Gasteiger charge is -2.02. The second-order valence-electron chi connectivity index (χ2n) is 4.29. The van der Waals surface area contributed by atoms with Crippen molar-refractivity contribution in [3.63, 3.8) is 0 Å². The molecule has 1 aromatic heterocycles. The van der Waals surface area contributed by atoms with E-state index in [2.05, 4.69) is 15.0 Å². The van der Waals surface area contributed by atoms with Crippen LogP contribution in [0.15, 0.2) is 30.6 Å². The van der Waals surface area contributed by atoms with Crippen LogP contribution in [0.3, 0.4) is 0 Å². The standard InChI is InChI=1S/C15H20N2O3/c1-20-15(19)5-3-2-4-10-17-14(18)7-6-13-8-11-16-12-9-13/h6-9,11-12H,2-5,10H2,1H3,(H,17,18). The van der Waals surface area contributed by atoms with Crippen LogP contribution in [0.2, 0.25) is 0 Å². The Balaban J connectivity index is 2.09. The molecule has 0 aliphatic heterocycles. The number of unbranched alkanes of at least 4 members (excludes halogenated alkanes) is 2. The average molecular weight is 276 g/mol. The number of esters is 1. The van der Waals surface area contributed by atoms with Gasteiger partial charge in [0.25, 0.3) is 0 Å². The normalized spacial score (nSPS) is 10.4. The van der Waals surface area contributed by atoms with Crippen molar-refractivity contribution in [3.05, 3.63) is 36.2 Å². The van der Waals surface area contributed by atoms with E-state index < -0.39 is 0 Å². The average Bonchev–Trinajstić information content (AvgIpc) is 2.49. The van der Waals surface area contributed by atoms with Gasteiger partial charge in [-0.25, -0.2) is 0 Å². The summed E-state index contributed by atoms with van der Waals surface area (Å²) in [5.41, 5.74) is 0.938. The fourth-order valence-electron chi connectivity index (χ4n) is 1.59. The number of rotatable bonds is 8. The molecule has 0 radical (unpaired) electrons. The Bertz CT molecular complexity index is 444. The summed E-state index contributed by atoms with van der Waals surface area (Å²) in [6.07, 6.45) is 9.58. The first-order valence-electron chi connectivity index (χ1n) is 6.65. The van der Waals surface area contributed by atoms with Crippen molar-refractivity contribution in [2.75, 3.05) is 13.7 Å². The summed E-state index contributed by atoms with van der Waals surface area (Å²) < 4.78 is 4.55. The zero-order valence-electron chi connectivity index (χ0n) is 11.7. The molecule has 1 amide bonds. The third kappa shape index (κ3) is 7.31. The molecule has 1 N–H and O–H groups in total. The largest absolute Gasteiger partial charge is 0.469 e. The first-order chi connectivity index (χ1) is 9.72. The van der Waals surface area contributed by atoms with Gasteiger partial charge in [0.15, 0.2) is 0 Å². The molecule has 0 bridgehead atoms. The highest BCUT2D eigenvalue weighted by Crippen LogP contribution is 2.01. The van der Waals surface area contributed by atoms with E-state index in [1.807, 2.05) is 12.1 Å².